The first-order chi connectivity index (χ1) is 5.41. The van der Waals surface area contributed by atoms with E-state index in [1.54, 1.807) is 0 Å². The zero-order chi connectivity index (χ0) is 8.36. The van der Waals surface area contributed by atoms with E-state index in [2.05, 4.69) is 6.58 Å². The Morgan fingerprint density at radius 2 is 1.91 bits per heavy atom. The van der Waals surface area contributed by atoms with Crippen molar-refractivity contribution in [1.82, 2.24) is 0 Å². The number of rotatable bonds is 8. The molecule has 0 radical (unpaired) electrons. The fraction of sp³-hybridized carbons (Fsp3) is 0.778. The first-order valence-electron chi connectivity index (χ1n) is 4.21. The molecule has 0 amide bonds. The highest BCUT2D eigenvalue weighted by Crippen LogP contribution is 2.06. The van der Waals surface area contributed by atoms with Crippen LogP contribution in [0.2, 0.25) is 0 Å². The maximum Gasteiger partial charge on any atom is 0.0431 e. The predicted octanol–water partition coefficient (Wildman–Crippen LogP) is 2.46. The van der Waals surface area contributed by atoms with E-state index < -0.39 is 0 Å². The van der Waals surface area contributed by atoms with E-state index in [1.807, 2.05) is 17.8 Å². The van der Waals surface area contributed by atoms with Gasteiger partial charge in [0.1, 0.15) is 0 Å². The summed E-state index contributed by atoms with van der Waals surface area (Å²) in [6.45, 7) is 4.00. The van der Waals surface area contributed by atoms with Gasteiger partial charge in [-0.05, 0) is 18.6 Å². The fourth-order valence-corrected chi connectivity index (χ4v) is 1.58. The van der Waals surface area contributed by atoms with Crippen molar-refractivity contribution >= 4 is 11.8 Å². The molecular weight excluding hydrogens is 156 g/mol. The van der Waals surface area contributed by atoms with E-state index in [4.69, 9.17) is 5.11 Å². The van der Waals surface area contributed by atoms with Gasteiger partial charge in [-0.25, -0.2) is 0 Å². The van der Waals surface area contributed by atoms with E-state index in [0.717, 1.165) is 12.2 Å². The summed E-state index contributed by atoms with van der Waals surface area (Å²) in [6.07, 6.45) is 6.61. The zero-order valence-electron chi connectivity index (χ0n) is 7.09. The third kappa shape index (κ3) is 10.1. The summed E-state index contributed by atoms with van der Waals surface area (Å²) in [6, 6.07) is 0. The molecule has 0 rings (SSSR count). The molecule has 0 fully saturated rings. The van der Waals surface area contributed by atoms with Crippen LogP contribution in [0.1, 0.15) is 25.7 Å². The molecule has 0 aliphatic rings. The summed E-state index contributed by atoms with van der Waals surface area (Å²) in [4.78, 5) is 0. The van der Waals surface area contributed by atoms with E-state index in [-0.39, 0.29) is 0 Å². The Kier molecular flexibility index (Phi) is 10.1. The van der Waals surface area contributed by atoms with Crippen molar-refractivity contribution in [1.29, 1.82) is 0 Å². The summed E-state index contributed by atoms with van der Waals surface area (Å²) in [7, 11) is 0. The number of aliphatic hydroxyl groups excluding tert-OH is 1. The van der Waals surface area contributed by atoms with Crippen molar-refractivity contribution in [3.8, 4) is 0 Å². The molecule has 0 aliphatic carbocycles. The van der Waals surface area contributed by atoms with Gasteiger partial charge < -0.3 is 5.11 Å². The minimum Gasteiger partial charge on any atom is -0.396 e. The predicted molar refractivity (Wildman–Crippen MR) is 53.1 cm³/mol. The zero-order valence-corrected chi connectivity index (χ0v) is 7.91. The molecule has 0 aliphatic heterocycles. The highest BCUT2D eigenvalue weighted by Gasteiger charge is 1.88. The second-order valence-corrected chi connectivity index (χ2v) is 3.65. The van der Waals surface area contributed by atoms with Crippen LogP contribution in [0.25, 0.3) is 0 Å². The van der Waals surface area contributed by atoms with E-state index >= 15 is 0 Å². The SMILES string of the molecule is C=CCSCCCCCCO. The van der Waals surface area contributed by atoms with Crippen LogP contribution in [-0.2, 0) is 0 Å². The third-order valence-corrected chi connectivity index (χ3v) is 2.48. The molecule has 2 heteroatoms. The standard InChI is InChI=1S/C9H18OS/c1-2-8-11-9-6-4-3-5-7-10/h2,10H,1,3-9H2. The summed E-state index contributed by atoms with van der Waals surface area (Å²) in [5, 5.41) is 8.49. The molecule has 0 aromatic carbocycles. The lowest BCUT2D eigenvalue weighted by Crippen LogP contribution is -1.85. The number of aliphatic hydroxyl groups is 1. The summed E-state index contributed by atoms with van der Waals surface area (Å²) in [5.41, 5.74) is 0. The monoisotopic (exact) mass is 174 g/mol. The van der Waals surface area contributed by atoms with Gasteiger partial charge >= 0.3 is 0 Å². The van der Waals surface area contributed by atoms with Crippen molar-refractivity contribution in [2.75, 3.05) is 18.1 Å². The summed E-state index contributed by atoms with van der Waals surface area (Å²) < 4.78 is 0. The number of thioether (sulfide) groups is 1. The largest absolute Gasteiger partial charge is 0.396 e. The molecule has 11 heavy (non-hydrogen) atoms. The van der Waals surface area contributed by atoms with Gasteiger partial charge in [-0.15, -0.1) is 6.58 Å². The first kappa shape index (κ1) is 11.1. The Bertz CT molecular complexity index is 83.6. The smallest absolute Gasteiger partial charge is 0.0431 e. The average Bonchev–Trinajstić information content (AvgIpc) is 2.03. The van der Waals surface area contributed by atoms with Crippen molar-refractivity contribution < 1.29 is 5.11 Å². The van der Waals surface area contributed by atoms with E-state index in [9.17, 15) is 0 Å². The molecule has 0 saturated heterocycles. The Labute approximate surface area is 73.9 Å². The molecule has 0 atom stereocenters. The lowest BCUT2D eigenvalue weighted by atomic mass is 10.2. The van der Waals surface area contributed by atoms with Crippen molar-refractivity contribution in [3.05, 3.63) is 12.7 Å². The highest BCUT2D eigenvalue weighted by molar-refractivity contribution is 7.99. The van der Waals surface area contributed by atoms with Crippen LogP contribution in [-0.4, -0.2) is 23.2 Å². The van der Waals surface area contributed by atoms with Crippen LogP contribution >= 0.6 is 11.8 Å². The van der Waals surface area contributed by atoms with Gasteiger partial charge in [-0.3, -0.25) is 0 Å². The van der Waals surface area contributed by atoms with E-state index in [1.165, 1.54) is 25.0 Å². The van der Waals surface area contributed by atoms with Crippen LogP contribution in [0.5, 0.6) is 0 Å². The molecule has 1 N–H and O–H groups in total. The molecule has 66 valence electrons. The first-order valence-corrected chi connectivity index (χ1v) is 5.36. The maximum atomic E-state index is 8.49. The van der Waals surface area contributed by atoms with Gasteiger partial charge in [-0.1, -0.05) is 18.9 Å². The molecule has 0 aromatic rings. The Morgan fingerprint density at radius 1 is 1.18 bits per heavy atom. The molecule has 0 heterocycles. The quantitative estimate of drug-likeness (QED) is 0.450. The van der Waals surface area contributed by atoms with Gasteiger partial charge in [0.25, 0.3) is 0 Å². The number of hydrogen-bond acceptors (Lipinski definition) is 2. The lowest BCUT2D eigenvalue weighted by molar-refractivity contribution is 0.283. The van der Waals surface area contributed by atoms with Gasteiger partial charge in [0, 0.05) is 12.4 Å². The average molecular weight is 174 g/mol. The molecule has 0 unspecified atom stereocenters. The maximum absolute atomic E-state index is 8.49. The van der Waals surface area contributed by atoms with Crippen molar-refractivity contribution in [2.24, 2.45) is 0 Å². The third-order valence-electron chi connectivity index (χ3n) is 1.43. The van der Waals surface area contributed by atoms with Crippen molar-refractivity contribution in [3.63, 3.8) is 0 Å². The molecule has 0 bridgehead atoms. The fourth-order valence-electron chi connectivity index (χ4n) is 0.836. The second-order valence-electron chi connectivity index (χ2n) is 2.50. The van der Waals surface area contributed by atoms with Crippen LogP contribution < -0.4 is 0 Å². The minimum atomic E-state index is 0.347. The van der Waals surface area contributed by atoms with Crippen LogP contribution in [0, 0.1) is 0 Å². The molecule has 1 nitrogen and oxygen atoms in total. The van der Waals surface area contributed by atoms with Crippen LogP contribution in [0.4, 0.5) is 0 Å². The highest BCUT2D eigenvalue weighted by atomic mass is 32.2. The molecule has 0 aromatic heterocycles. The van der Waals surface area contributed by atoms with Crippen LogP contribution in [0.15, 0.2) is 12.7 Å². The van der Waals surface area contributed by atoms with Gasteiger partial charge in [0.05, 0.1) is 0 Å². The Hall–Kier alpha value is 0.0500. The minimum absolute atomic E-state index is 0.347. The molecule has 0 saturated carbocycles. The summed E-state index contributed by atoms with van der Waals surface area (Å²) >= 11 is 1.93. The number of hydrogen-bond donors (Lipinski definition) is 1. The second kappa shape index (κ2) is 10.0. The Morgan fingerprint density at radius 3 is 2.55 bits per heavy atom. The molecular formula is C9H18OS. The number of unbranched alkanes of at least 4 members (excludes halogenated alkanes) is 3. The normalized spacial score (nSPS) is 9.91. The van der Waals surface area contributed by atoms with E-state index in [0.29, 0.717) is 6.61 Å². The van der Waals surface area contributed by atoms with Gasteiger partial charge in [0.2, 0.25) is 0 Å². The van der Waals surface area contributed by atoms with Gasteiger partial charge in [0.15, 0.2) is 0 Å². The lowest BCUT2D eigenvalue weighted by Gasteiger charge is -1.97. The summed E-state index contributed by atoms with van der Waals surface area (Å²) in [5.74, 6) is 2.30. The van der Waals surface area contributed by atoms with Crippen LogP contribution in [0.3, 0.4) is 0 Å². The van der Waals surface area contributed by atoms with Crippen molar-refractivity contribution in [2.45, 2.75) is 25.7 Å². The van der Waals surface area contributed by atoms with Gasteiger partial charge in [-0.2, -0.15) is 11.8 Å². The Balaban J connectivity index is 2.74. The molecule has 0 spiro atoms. The topological polar surface area (TPSA) is 20.2 Å².